The van der Waals surface area contributed by atoms with Crippen molar-refractivity contribution in [2.75, 3.05) is 0 Å². The van der Waals surface area contributed by atoms with E-state index in [1.807, 2.05) is 22.6 Å². The third kappa shape index (κ3) is 1.84. The van der Waals surface area contributed by atoms with E-state index in [2.05, 4.69) is 5.32 Å². The predicted octanol–water partition coefficient (Wildman–Crippen LogP) is 0.692. The minimum absolute atomic E-state index is 0.126. The number of halogens is 1. The van der Waals surface area contributed by atoms with Crippen LogP contribution in [0.15, 0.2) is 18.2 Å². The third-order valence-electron chi connectivity index (χ3n) is 3.42. The number of piperidine rings is 1. The Morgan fingerprint density at radius 2 is 1.90 bits per heavy atom. The molecule has 4 amide bonds. The summed E-state index contributed by atoms with van der Waals surface area (Å²) < 4.78 is 0.674. The van der Waals surface area contributed by atoms with Gasteiger partial charge in [-0.05, 0) is 41.1 Å². The molecule has 0 spiro atoms. The van der Waals surface area contributed by atoms with E-state index in [1.165, 1.54) is 0 Å². The number of fused-ring (bicyclic) bond motifs is 1. The lowest BCUT2D eigenvalue weighted by Crippen LogP contribution is -2.54. The van der Waals surface area contributed by atoms with Crippen LogP contribution in [0.1, 0.15) is 33.6 Å². The van der Waals surface area contributed by atoms with Crippen molar-refractivity contribution in [3.63, 3.8) is 0 Å². The van der Waals surface area contributed by atoms with Crippen LogP contribution in [0.2, 0.25) is 0 Å². The van der Waals surface area contributed by atoms with Gasteiger partial charge < -0.3 is 0 Å². The van der Waals surface area contributed by atoms with Gasteiger partial charge in [0.1, 0.15) is 6.04 Å². The minimum Gasteiger partial charge on any atom is -0.295 e. The summed E-state index contributed by atoms with van der Waals surface area (Å²) in [6.45, 7) is 0. The summed E-state index contributed by atoms with van der Waals surface area (Å²) >= 11 is 1.99. The second-order valence-electron chi connectivity index (χ2n) is 4.61. The van der Waals surface area contributed by atoms with Crippen molar-refractivity contribution in [1.82, 2.24) is 10.2 Å². The Bertz CT molecular complexity index is 670. The molecule has 1 N–H and O–H groups in total. The fourth-order valence-corrected chi connectivity index (χ4v) is 3.20. The average Bonchev–Trinajstić information content (AvgIpc) is 2.64. The SMILES string of the molecule is O=C1CCC(N2C(=O)c3cccc(I)c3C2=O)C(=O)N1. The van der Waals surface area contributed by atoms with E-state index in [-0.39, 0.29) is 18.7 Å². The van der Waals surface area contributed by atoms with Crippen LogP contribution in [0.4, 0.5) is 0 Å². The zero-order valence-corrected chi connectivity index (χ0v) is 12.3. The molecule has 2 aliphatic heterocycles. The Morgan fingerprint density at radius 3 is 2.55 bits per heavy atom. The highest BCUT2D eigenvalue weighted by atomic mass is 127. The molecule has 0 radical (unpaired) electrons. The van der Waals surface area contributed by atoms with Gasteiger partial charge in [-0.15, -0.1) is 0 Å². The van der Waals surface area contributed by atoms with Crippen LogP contribution in [0.5, 0.6) is 0 Å². The lowest BCUT2D eigenvalue weighted by Gasteiger charge is -2.27. The van der Waals surface area contributed by atoms with Crippen LogP contribution < -0.4 is 5.32 Å². The Labute approximate surface area is 127 Å². The summed E-state index contributed by atoms with van der Waals surface area (Å²) in [5, 5.41) is 2.16. The number of nitrogens with zero attached hydrogens (tertiary/aromatic N) is 1. The second kappa shape index (κ2) is 4.65. The zero-order chi connectivity index (χ0) is 14.4. The van der Waals surface area contributed by atoms with E-state index in [0.29, 0.717) is 14.7 Å². The van der Waals surface area contributed by atoms with E-state index in [0.717, 1.165) is 4.90 Å². The lowest BCUT2D eigenvalue weighted by atomic mass is 10.0. The molecule has 1 saturated heterocycles. The van der Waals surface area contributed by atoms with Gasteiger partial charge >= 0.3 is 0 Å². The third-order valence-corrected chi connectivity index (χ3v) is 4.32. The van der Waals surface area contributed by atoms with Crippen molar-refractivity contribution in [2.24, 2.45) is 0 Å². The van der Waals surface area contributed by atoms with Crippen molar-refractivity contribution in [2.45, 2.75) is 18.9 Å². The van der Waals surface area contributed by atoms with Crippen molar-refractivity contribution in [3.8, 4) is 0 Å². The molecular weight excluding hydrogens is 375 g/mol. The molecule has 102 valence electrons. The zero-order valence-electron chi connectivity index (χ0n) is 10.2. The fourth-order valence-electron chi connectivity index (χ4n) is 2.47. The fraction of sp³-hybridized carbons (Fsp3) is 0.231. The molecule has 1 aromatic rings. The van der Waals surface area contributed by atoms with Gasteiger partial charge in [-0.2, -0.15) is 0 Å². The number of nitrogens with one attached hydrogen (secondary N) is 1. The maximum Gasteiger partial charge on any atom is 0.263 e. The van der Waals surface area contributed by atoms with Crippen molar-refractivity contribution in [1.29, 1.82) is 0 Å². The van der Waals surface area contributed by atoms with Crippen LogP contribution >= 0.6 is 22.6 Å². The molecule has 0 saturated carbocycles. The lowest BCUT2D eigenvalue weighted by molar-refractivity contribution is -0.136. The molecule has 3 rings (SSSR count). The largest absolute Gasteiger partial charge is 0.295 e. The first-order valence-corrected chi connectivity index (χ1v) is 7.08. The van der Waals surface area contributed by atoms with E-state index < -0.39 is 23.8 Å². The Morgan fingerprint density at radius 1 is 1.15 bits per heavy atom. The number of benzene rings is 1. The Kier molecular flexibility index (Phi) is 3.08. The molecule has 20 heavy (non-hydrogen) atoms. The number of amides is 4. The van der Waals surface area contributed by atoms with Crippen LogP contribution in [0, 0.1) is 3.57 Å². The molecule has 0 aliphatic carbocycles. The van der Waals surface area contributed by atoms with Crippen LogP contribution in [0.3, 0.4) is 0 Å². The van der Waals surface area contributed by atoms with Crippen molar-refractivity contribution >= 4 is 46.2 Å². The molecule has 1 unspecified atom stereocenters. The number of imide groups is 2. The Hall–Kier alpha value is -1.77. The molecule has 2 heterocycles. The highest BCUT2D eigenvalue weighted by Crippen LogP contribution is 2.30. The van der Waals surface area contributed by atoms with Gasteiger partial charge in [-0.1, -0.05) is 6.07 Å². The standard InChI is InChI=1S/C13H9IN2O4/c14-7-3-1-2-6-10(7)13(20)16(12(6)19)8-4-5-9(17)15-11(8)18/h1-3,8H,4-5H2,(H,15,17,18). The number of hydrogen-bond acceptors (Lipinski definition) is 4. The van der Waals surface area contributed by atoms with Gasteiger partial charge in [0, 0.05) is 9.99 Å². The summed E-state index contributed by atoms with van der Waals surface area (Å²) in [4.78, 5) is 48.7. The second-order valence-corrected chi connectivity index (χ2v) is 5.77. The Balaban J connectivity index is 2.00. The van der Waals surface area contributed by atoms with E-state index >= 15 is 0 Å². The molecule has 1 aromatic carbocycles. The van der Waals surface area contributed by atoms with E-state index in [9.17, 15) is 19.2 Å². The average molecular weight is 384 g/mol. The number of carbonyl (C=O) groups is 4. The highest BCUT2D eigenvalue weighted by molar-refractivity contribution is 14.1. The maximum atomic E-state index is 12.4. The van der Waals surface area contributed by atoms with Gasteiger partial charge in [0.25, 0.3) is 11.8 Å². The predicted molar refractivity (Wildman–Crippen MR) is 75.8 cm³/mol. The number of carbonyl (C=O) groups excluding carboxylic acids is 4. The van der Waals surface area contributed by atoms with E-state index in [4.69, 9.17) is 0 Å². The van der Waals surface area contributed by atoms with Crippen molar-refractivity contribution in [3.05, 3.63) is 32.9 Å². The van der Waals surface area contributed by atoms with Gasteiger partial charge in [0.2, 0.25) is 11.8 Å². The molecule has 1 atom stereocenters. The molecule has 1 fully saturated rings. The van der Waals surface area contributed by atoms with E-state index in [1.54, 1.807) is 18.2 Å². The summed E-state index contributed by atoms with van der Waals surface area (Å²) in [7, 11) is 0. The molecule has 0 bridgehead atoms. The molecule has 2 aliphatic rings. The number of hydrogen-bond donors (Lipinski definition) is 1. The smallest absolute Gasteiger partial charge is 0.263 e. The van der Waals surface area contributed by atoms with Gasteiger partial charge in [0.15, 0.2) is 0 Å². The maximum absolute atomic E-state index is 12.4. The molecule has 0 aromatic heterocycles. The number of rotatable bonds is 1. The summed E-state index contributed by atoms with van der Waals surface area (Å²) in [5.74, 6) is -1.91. The summed E-state index contributed by atoms with van der Waals surface area (Å²) in [5.41, 5.74) is 0.648. The summed E-state index contributed by atoms with van der Waals surface area (Å²) in [6.07, 6.45) is 0.299. The van der Waals surface area contributed by atoms with Crippen LogP contribution in [0.25, 0.3) is 0 Å². The van der Waals surface area contributed by atoms with Crippen LogP contribution in [-0.4, -0.2) is 34.6 Å². The van der Waals surface area contributed by atoms with Gasteiger partial charge in [-0.25, -0.2) is 0 Å². The van der Waals surface area contributed by atoms with Crippen LogP contribution in [-0.2, 0) is 9.59 Å². The summed E-state index contributed by atoms with van der Waals surface area (Å²) in [6, 6.07) is 4.10. The quantitative estimate of drug-likeness (QED) is 0.571. The normalized spacial score (nSPS) is 22.1. The van der Waals surface area contributed by atoms with Crippen molar-refractivity contribution < 1.29 is 19.2 Å². The molecule has 6 nitrogen and oxygen atoms in total. The highest BCUT2D eigenvalue weighted by Gasteiger charge is 2.45. The molecule has 7 heteroatoms. The van der Waals surface area contributed by atoms with Gasteiger partial charge in [-0.3, -0.25) is 29.4 Å². The molecular formula is C13H9IN2O4. The topological polar surface area (TPSA) is 83.6 Å². The first-order chi connectivity index (χ1) is 9.50. The minimum atomic E-state index is -0.907. The first kappa shape index (κ1) is 13.2. The monoisotopic (exact) mass is 384 g/mol. The van der Waals surface area contributed by atoms with Gasteiger partial charge in [0.05, 0.1) is 11.1 Å². The first-order valence-electron chi connectivity index (χ1n) is 6.01.